The Hall–Kier alpha value is -4.54. The molecular formula is C40H44N2O14S4. The number of hydrogen-bond acceptors (Lipinski definition) is 12. The predicted octanol–water partition coefficient (Wildman–Crippen LogP) is 5.63. The SMILES string of the molecule is CCCC1(C)/C(=C\C=C\C2=[N+](CCCS(=O)(=O)O)c3ccc4c(S(=O)(=O)O)cc(S(=O)(=O)O)cc4c3C2(C)C)N(CCCS(=O)(=O)[O-])c2ccc3cc(OC=O)ccc3c21. The molecule has 0 aromatic heterocycles. The van der Waals surface area contributed by atoms with Crippen LogP contribution in [-0.2, 0) is 56.1 Å². The van der Waals surface area contributed by atoms with Crippen molar-refractivity contribution in [2.45, 2.75) is 74.0 Å². The lowest BCUT2D eigenvalue weighted by molar-refractivity contribution is -0.437. The van der Waals surface area contributed by atoms with Gasteiger partial charge in [-0.15, -0.1) is 0 Å². The maximum absolute atomic E-state index is 12.6. The van der Waals surface area contributed by atoms with Gasteiger partial charge in [-0.05, 0) is 97.8 Å². The molecule has 1 atom stereocenters. The van der Waals surface area contributed by atoms with Crippen molar-refractivity contribution in [3.63, 3.8) is 0 Å². The molecule has 0 saturated heterocycles. The Morgan fingerprint density at radius 3 is 2.13 bits per heavy atom. The number of ether oxygens (including phenoxy) is 1. The Balaban J connectivity index is 1.56. The fourth-order valence-corrected chi connectivity index (χ4v) is 11.1. The monoisotopic (exact) mass is 904 g/mol. The predicted molar refractivity (Wildman–Crippen MR) is 224 cm³/mol. The van der Waals surface area contributed by atoms with Gasteiger partial charge in [0.2, 0.25) is 5.69 Å². The van der Waals surface area contributed by atoms with E-state index in [2.05, 4.69) is 6.92 Å². The van der Waals surface area contributed by atoms with Gasteiger partial charge in [0.15, 0.2) is 5.71 Å². The first-order chi connectivity index (χ1) is 27.8. The Morgan fingerprint density at radius 2 is 1.52 bits per heavy atom. The number of carbonyl (C=O) groups excluding carboxylic acids is 1. The van der Waals surface area contributed by atoms with Gasteiger partial charge in [-0.2, -0.15) is 29.8 Å². The van der Waals surface area contributed by atoms with E-state index < -0.39 is 72.6 Å². The highest BCUT2D eigenvalue weighted by molar-refractivity contribution is 7.87. The van der Waals surface area contributed by atoms with Crippen LogP contribution in [-0.4, -0.2) is 93.2 Å². The molecule has 0 amide bonds. The molecule has 2 aliphatic heterocycles. The lowest BCUT2D eigenvalue weighted by Gasteiger charge is -2.30. The van der Waals surface area contributed by atoms with Crippen molar-refractivity contribution >= 4 is 85.6 Å². The first-order valence-corrected chi connectivity index (χ1v) is 24.8. The first-order valence-electron chi connectivity index (χ1n) is 18.8. The van der Waals surface area contributed by atoms with Crippen molar-refractivity contribution in [2.24, 2.45) is 0 Å². The summed E-state index contributed by atoms with van der Waals surface area (Å²) in [6, 6.07) is 13.7. The standard InChI is InChI=1S/C40H44N2O14S4/c1-5-17-40(4)36(42(19-8-21-58(47,48)49)33-15-11-26-22-27(56-25-43)12-13-29(26)38(33)40)10-6-9-35-39(2,3)37-31-23-28(59(50,51)52)24-34(60(53,54)55)30(31)14-16-32(37)41(35)18-7-20-57(44,45)46/h6,9-16,22-25H,5,7-8,17-21H2,1-4H3,(H3-,44,45,46,47,48,49,50,51,52,53,54,55). The van der Waals surface area contributed by atoms with E-state index in [0.29, 0.717) is 41.7 Å². The smallest absolute Gasteiger partial charge is 0.298 e. The maximum Gasteiger partial charge on any atom is 0.298 e. The average Bonchev–Trinajstić information content (AvgIpc) is 3.49. The fourth-order valence-electron chi connectivity index (χ4n) is 8.83. The van der Waals surface area contributed by atoms with Gasteiger partial charge >= 0.3 is 0 Å². The van der Waals surface area contributed by atoms with Gasteiger partial charge in [0.05, 0.1) is 26.2 Å². The lowest BCUT2D eigenvalue weighted by atomic mass is 9.75. The zero-order valence-corrected chi connectivity index (χ0v) is 36.3. The summed E-state index contributed by atoms with van der Waals surface area (Å²) in [7, 11) is -18.9. The van der Waals surface area contributed by atoms with Crippen molar-refractivity contribution in [3.8, 4) is 5.75 Å². The molecule has 60 heavy (non-hydrogen) atoms. The highest BCUT2D eigenvalue weighted by Crippen LogP contribution is 2.54. The number of nitrogens with zero attached hydrogens (tertiary/aromatic N) is 2. The highest BCUT2D eigenvalue weighted by atomic mass is 32.2. The molecule has 1 unspecified atom stereocenters. The zero-order valence-electron chi connectivity index (χ0n) is 33.0. The zero-order chi connectivity index (χ0) is 44.2. The van der Waals surface area contributed by atoms with Crippen LogP contribution >= 0.6 is 0 Å². The summed E-state index contributed by atoms with van der Waals surface area (Å²) in [6.07, 6.45) is 6.72. The van der Waals surface area contributed by atoms with E-state index >= 15 is 0 Å². The van der Waals surface area contributed by atoms with E-state index in [0.717, 1.165) is 40.2 Å². The van der Waals surface area contributed by atoms with Crippen LogP contribution in [0.5, 0.6) is 5.75 Å². The summed E-state index contributed by atoms with van der Waals surface area (Å²) in [5.41, 5.74) is 2.13. The molecule has 4 aromatic rings. The molecule has 0 fully saturated rings. The van der Waals surface area contributed by atoms with Crippen molar-refractivity contribution in [3.05, 3.63) is 89.6 Å². The third-order valence-corrected chi connectivity index (χ3v) is 14.5. The summed E-state index contributed by atoms with van der Waals surface area (Å²) < 4.78 is 145. The van der Waals surface area contributed by atoms with E-state index in [9.17, 15) is 56.7 Å². The Bertz CT molecular complexity index is 2990. The van der Waals surface area contributed by atoms with E-state index in [1.165, 1.54) is 6.07 Å². The number of hydrogen-bond donors (Lipinski definition) is 3. The Labute approximate surface area is 348 Å². The van der Waals surface area contributed by atoms with Gasteiger partial charge < -0.3 is 14.2 Å². The first kappa shape index (κ1) is 45.0. The maximum atomic E-state index is 12.6. The van der Waals surface area contributed by atoms with Gasteiger partial charge in [-0.25, -0.2) is 8.42 Å². The van der Waals surface area contributed by atoms with E-state index in [4.69, 9.17) is 4.74 Å². The second-order valence-corrected chi connectivity index (χ2v) is 21.5. The van der Waals surface area contributed by atoms with Crippen molar-refractivity contribution in [1.29, 1.82) is 0 Å². The van der Waals surface area contributed by atoms with Crippen LogP contribution in [0.15, 0.2) is 88.3 Å². The molecule has 322 valence electrons. The lowest BCUT2D eigenvalue weighted by Crippen LogP contribution is -2.30. The number of rotatable bonds is 16. The third kappa shape index (κ3) is 8.78. The molecule has 0 saturated carbocycles. The molecule has 0 bridgehead atoms. The minimum absolute atomic E-state index is 0.0180. The quantitative estimate of drug-likeness (QED) is 0.0700. The van der Waals surface area contributed by atoms with E-state index in [-0.39, 0.29) is 36.7 Å². The number of fused-ring (bicyclic) bond motifs is 6. The van der Waals surface area contributed by atoms with Gasteiger partial charge in [0.1, 0.15) is 17.2 Å². The molecule has 16 nitrogen and oxygen atoms in total. The fraction of sp³-hybridized carbons (Fsp3) is 0.350. The van der Waals surface area contributed by atoms with Gasteiger partial charge in [-0.1, -0.05) is 31.6 Å². The summed E-state index contributed by atoms with van der Waals surface area (Å²) in [6.45, 7) is 8.18. The van der Waals surface area contributed by atoms with Gasteiger partial charge in [0.25, 0.3) is 36.8 Å². The summed E-state index contributed by atoms with van der Waals surface area (Å²) in [5.74, 6) is -0.841. The van der Waals surface area contributed by atoms with Crippen molar-refractivity contribution < 1.29 is 66.0 Å². The van der Waals surface area contributed by atoms with Gasteiger partial charge in [0, 0.05) is 58.6 Å². The Morgan fingerprint density at radius 1 is 0.817 bits per heavy atom. The molecule has 20 heteroatoms. The molecule has 0 radical (unpaired) electrons. The molecule has 6 rings (SSSR count). The van der Waals surface area contributed by atoms with Gasteiger partial charge in [-0.3, -0.25) is 18.5 Å². The molecule has 3 N–H and O–H groups in total. The van der Waals surface area contributed by atoms with Crippen LogP contribution in [0.4, 0.5) is 11.4 Å². The molecule has 0 spiro atoms. The van der Waals surface area contributed by atoms with Crippen molar-refractivity contribution in [1.82, 2.24) is 0 Å². The van der Waals surface area contributed by atoms with Crippen molar-refractivity contribution in [2.75, 3.05) is 29.5 Å². The summed E-state index contributed by atoms with van der Waals surface area (Å²) in [5, 5.41) is 1.70. The summed E-state index contributed by atoms with van der Waals surface area (Å²) in [4.78, 5) is 11.5. The molecule has 0 aliphatic carbocycles. The number of carbonyl (C=O) groups is 1. The molecule has 2 heterocycles. The van der Waals surface area contributed by atoms with Crippen LogP contribution in [0.1, 0.15) is 64.5 Å². The van der Waals surface area contributed by atoms with Crippen LogP contribution in [0.25, 0.3) is 21.5 Å². The van der Waals surface area contributed by atoms with E-state index in [1.54, 1.807) is 48.8 Å². The average molecular weight is 905 g/mol. The Kier molecular flexibility index (Phi) is 12.0. The third-order valence-electron chi connectivity index (χ3n) is 11.1. The number of anilines is 1. The molecular weight excluding hydrogens is 861 g/mol. The number of allylic oxidation sites excluding steroid dienone is 4. The molecule has 2 aliphatic rings. The minimum atomic E-state index is -5.01. The second-order valence-electron chi connectivity index (χ2n) is 15.5. The number of benzene rings is 4. The highest BCUT2D eigenvalue weighted by Gasteiger charge is 2.47. The summed E-state index contributed by atoms with van der Waals surface area (Å²) >= 11 is 0. The van der Waals surface area contributed by atoms with Crippen LogP contribution in [0, 0.1) is 0 Å². The van der Waals surface area contributed by atoms with Crippen LogP contribution < -0.4 is 9.64 Å². The molecule has 4 aromatic carbocycles. The van der Waals surface area contributed by atoms with Crippen LogP contribution in [0.2, 0.25) is 0 Å². The largest absolute Gasteiger partial charge is 0.748 e. The normalized spacial score (nSPS) is 18.9. The van der Waals surface area contributed by atoms with E-state index in [1.807, 2.05) is 36.1 Å². The topological polar surface area (TPSA) is 253 Å². The minimum Gasteiger partial charge on any atom is -0.748 e. The van der Waals surface area contributed by atoms with Crippen LogP contribution in [0.3, 0.4) is 0 Å². The second kappa shape index (κ2) is 16.1.